The molecule has 0 radical (unpaired) electrons. The highest BCUT2D eigenvalue weighted by Crippen LogP contribution is 2.34. The van der Waals surface area contributed by atoms with Crippen molar-refractivity contribution in [2.45, 2.75) is 0 Å². The fourth-order valence-corrected chi connectivity index (χ4v) is 2.40. The van der Waals surface area contributed by atoms with E-state index in [1.807, 2.05) is 6.20 Å². The Kier molecular flexibility index (Phi) is 3.36. The number of nitrogens with zero attached hydrogens (tertiary/aromatic N) is 2. The van der Waals surface area contributed by atoms with Gasteiger partial charge in [0.15, 0.2) is 5.76 Å². The Morgan fingerprint density at radius 1 is 1.25 bits per heavy atom. The van der Waals surface area contributed by atoms with E-state index in [1.54, 1.807) is 25.3 Å². The summed E-state index contributed by atoms with van der Waals surface area (Å²) < 4.78 is 10.8. The van der Waals surface area contributed by atoms with Crippen molar-refractivity contribution in [3.8, 4) is 11.5 Å². The van der Waals surface area contributed by atoms with Crippen LogP contribution in [0.15, 0.2) is 30.2 Å². The van der Waals surface area contributed by atoms with Gasteiger partial charge in [-0.1, -0.05) is 0 Å². The molecular formula is C15H18N2O3. The number of carbonyl (C=O) groups excluding carboxylic acids is 1. The van der Waals surface area contributed by atoms with Crippen molar-refractivity contribution in [2.24, 2.45) is 0 Å². The molecule has 0 aliphatic carbocycles. The predicted molar refractivity (Wildman–Crippen MR) is 75.1 cm³/mol. The minimum absolute atomic E-state index is 0.0541. The second-order valence-corrected chi connectivity index (χ2v) is 5.13. The molecule has 0 N–H and O–H groups in total. The van der Waals surface area contributed by atoms with Crippen LogP contribution in [0, 0.1) is 0 Å². The number of hydrogen-bond donors (Lipinski definition) is 0. The lowest BCUT2D eigenvalue weighted by Gasteiger charge is -2.31. The molecule has 1 aromatic rings. The zero-order valence-electron chi connectivity index (χ0n) is 11.8. The van der Waals surface area contributed by atoms with Gasteiger partial charge in [-0.05, 0) is 19.2 Å². The molecule has 0 aromatic heterocycles. The molecule has 2 heterocycles. The van der Waals surface area contributed by atoms with E-state index >= 15 is 0 Å². The highest BCUT2D eigenvalue weighted by atomic mass is 16.5. The molecule has 1 aromatic carbocycles. The lowest BCUT2D eigenvalue weighted by molar-refractivity contribution is 0.101. The molecule has 106 valence electrons. The normalized spacial score (nSPS) is 21.0. The minimum atomic E-state index is -0.0541. The van der Waals surface area contributed by atoms with Crippen molar-refractivity contribution in [1.29, 1.82) is 0 Å². The topological polar surface area (TPSA) is 42.0 Å². The van der Waals surface area contributed by atoms with Crippen molar-refractivity contribution in [3.05, 3.63) is 35.7 Å². The molecule has 0 spiro atoms. The fraction of sp³-hybridized carbons (Fsp3) is 0.400. The number of rotatable bonds is 2. The van der Waals surface area contributed by atoms with Crippen LogP contribution in [0.4, 0.5) is 0 Å². The number of ether oxygens (including phenoxy) is 2. The SMILES string of the molecule is COc1ccc2c(c1)O/C(=C\N1CCN(C)CC1)C2=O. The summed E-state index contributed by atoms with van der Waals surface area (Å²) in [6.45, 7) is 3.82. The van der Waals surface area contributed by atoms with E-state index < -0.39 is 0 Å². The van der Waals surface area contributed by atoms with Gasteiger partial charge in [-0.15, -0.1) is 0 Å². The van der Waals surface area contributed by atoms with E-state index in [9.17, 15) is 4.79 Å². The Morgan fingerprint density at radius 2 is 2.00 bits per heavy atom. The third-order valence-corrected chi connectivity index (χ3v) is 3.71. The molecule has 0 unspecified atom stereocenters. The maximum absolute atomic E-state index is 12.3. The fourth-order valence-electron chi connectivity index (χ4n) is 2.40. The molecule has 0 bridgehead atoms. The van der Waals surface area contributed by atoms with Crippen LogP contribution < -0.4 is 9.47 Å². The number of Topliss-reactive ketones (excluding diaryl/α,β-unsaturated/α-hetero) is 1. The molecule has 2 aliphatic rings. The number of carbonyl (C=O) groups is 1. The number of piperazine rings is 1. The van der Waals surface area contributed by atoms with Crippen molar-refractivity contribution in [1.82, 2.24) is 9.80 Å². The number of allylic oxidation sites excluding steroid dienone is 1. The first-order valence-corrected chi connectivity index (χ1v) is 6.72. The molecule has 20 heavy (non-hydrogen) atoms. The van der Waals surface area contributed by atoms with Gasteiger partial charge in [0.25, 0.3) is 0 Å². The lowest BCUT2D eigenvalue weighted by atomic mass is 10.1. The van der Waals surface area contributed by atoms with Crippen molar-refractivity contribution in [2.75, 3.05) is 40.3 Å². The van der Waals surface area contributed by atoms with E-state index in [4.69, 9.17) is 9.47 Å². The molecule has 0 atom stereocenters. The smallest absolute Gasteiger partial charge is 0.233 e. The number of fused-ring (bicyclic) bond motifs is 1. The van der Waals surface area contributed by atoms with Gasteiger partial charge in [0.1, 0.15) is 11.5 Å². The average molecular weight is 274 g/mol. The number of ketones is 1. The quantitative estimate of drug-likeness (QED) is 0.762. The second-order valence-electron chi connectivity index (χ2n) is 5.13. The van der Waals surface area contributed by atoms with Gasteiger partial charge in [0.2, 0.25) is 5.78 Å². The molecule has 5 heteroatoms. The number of hydrogen-bond acceptors (Lipinski definition) is 5. The van der Waals surface area contributed by atoms with Gasteiger partial charge >= 0.3 is 0 Å². The standard InChI is InChI=1S/C15H18N2O3/c1-16-5-7-17(8-6-16)10-14-15(18)12-4-3-11(19-2)9-13(12)20-14/h3-4,9-10H,5-8H2,1-2H3/b14-10-. The Hall–Kier alpha value is -2.01. The maximum atomic E-state index is 12.3. The van der Waals surface area contributed by atoms with Crippen LogP contribution in [0.5, 0.6) is 11.5 Å². The third-order valence-electron chi connectivity index (χ3n) is 3.71. The number of methoxy groups -OCH3 is 1. The zero-order chi connectivity index (χ0) is 14.1. The summed E-state index contributed by atoms with van der Waals surface area (Å²) >= 11 is 0. The van der Waals surface area contributed by atoms with E-state index in [1.165, 1.54) is 0 Å². The van der Waals surface area contributed by atoms with Gasteiger partial charge in [-0.3, -0.25) is 4.79 Å². The summed E-state index contributed by atoms with van der Waals surface area (Å²) in [6, 6.07) is 5.28. The Morgan fingerprint density at radius 3 is 2.70 bits per heavy atom. The summed E-state index contributed by atoms with van der Waals surface area (Å²) in [6.07, 6.45) is 1.84. The van der Waals surface area contributed by atoms with Gasteiger partial charge in [0, 0.05) is 38.4 Å². The predicted octanol–water partition coefficient (Wildman–Crippen LogP) is 1.36. The summed E-state index contributed by atoms with van der Waals surface area (Å²) in [5, 5.41) is 0. The molecule has 3 rings (SSSR count). The summed E-state index contributed by atoms with van der Waals surface area (Å²) in [7, 11) is 3.70. The number of benzene rings is 1. The molecule has 2 aliphatic heterocycles. The van der Waals surface area contributed by atoms with Crippen LogP contribution in [0.3, 0.4) is 0 Å². The molecular weight excluding hydrogens is 256 g/mol. The zero-order valence-corrected chi connectivity index (χ0v) is 11.8. The molecule has 0 saturated carbocycles. The summed E-state index contributed by atoms with van der Waals surface area (Å²) in [5.74, 6) is 1.62. The van der Waals surface area contributed by atoms with E-state index in [2.05, 4.69) is 16.8 Å². The Labute approximate surface area is 118 Å². The lowest BCUT2D eigenvalue weighted by Crippen LogP contribution is -2.42. The van der Waals surface area contributed by atoms with Crippen LogP contribution in [0.2, 0.25) is 0 Å². The van der Waals surface area contributed by atoms with Crippen LogP contribution in [-0.2, 0) is 0 Å². The van der Waals surface area contributed by atoms with Crippen LogP contribution >= 0.6 is 0 Å². The van der Waals surface area contributed by atoms with Crippen LogP contribution in [0.25, 0.3) is 0 Å². The third kappa shape index (κ3) is 2.36. The first-order valence-electron chi connectivity index (χ1n) is 6.72. The van der Waals surface area contributed by atoms with E-state index in [-0.39, 0.29) is 5.78 Å². The maximum Gasteiger partial charge on any atom is 0.233 e. The first kappa shape index (κ1) is 13.0. The molecule has 1 saturated heterocycles. The minimum Gasteiger partial charge on any atom is -0.497 e. The molecule has 5 nitrogen and oxygen atoms in total. The van der Waals surface area contributed by atoms with Gasteiger partial charge in [0.05, 0.1) is 12.7 Å². The monoisotopic (exact) mass is 274 g/mol. The first-order chi connectivity index (χ1) is 9.67. The van der Waals surface area contributed by atoms with Crippen molar-refractivity contribution in [3.63, 3.8) is 0 Å². The van der Waals surface area contributed by atoms with Crippen molar-refractivity contribution < 1.29 is 14.3 Å². The van der Waals surface area contributed by atoms with E-state index in [0.29, 0.717) is 22.8 Å². The Balaban J connectivity index is 1.79. The average Bonchev–Trinajstić information content (AvgIpc) is 2.77. The molecule has 0 amide bonds. The van der Waals surface area contributed by atoms with Gasteiger partial charge in [-0.2, -0.15) is 0 Å². The highest BCUT2D eigenvalue weighted by molar-refractivity contribution is 6.12. The second kappa shape index (κ2) is 5.17. The van der Waals surface area contributed by atoms with Gasteiger partial charge < -0.3 is 19.3 Å². The Bertz CT molecular complexity index is 560. The molecule has 1 fully saturated rings. The van der Waals surface area contributed by atoms with Crippen molar-refractivity contribution >= 4 is 5.78 Å². The largest absolute Gasteiger partial charge is 0.497 e. The van der Waals surface area contributed by atoms with E-state index in [0.717, 1.165) is 26.2 Å². The van der Waals surface area contributed by atoms with Gasteiger partial charge in [-0.25, -0.2) is 0 Å². The summed E-state index contributed by atoms with van der Waals surface area (Å²) in [5.41, 5.74) is 0.603. The van der Waals surface area contributed by atoms with Crippen LogP contribution in [-0.4, -0.2) is 55.9 Å². The van der Waals surface area contributed by atoms with Crippen LogP contribution in [0.1, 0.15) is 10.4 Å². The summed E-state index contributed by atoms with van der Waals surface area (Å²) in [4.78, 5) is 16.7. The number of likely N-dealkylation sites (N-methyl/N-ethyl adjacent to an activating group) is 1. The highest BCUT2D eigenvalue weighted by Gasteiger charge is 2.28.